The fourth-order valence-corrected chi connectivity index (χ4v) is 2.93. The minimum Gasteiger partial charge on any atom is -0.402 e. The summed E-state index contributed by atoms with van der Waals surface area (Å²) in [6.45, 7) is 18.4. The molecule has 0 saturated carbocycles. The Morgan fingerprint density at radius 2 is 1.52 bits per heavy atom. The van der Waals surface area contributed by atoms with Crippen molar-refractivity contribution < 1.29 is 13.5 Å². The summed E-state index contributed by atoms with van der Waals surface area (Å²) in [5.41, 5.74) is -0.727. The maximum atomic E-state index is 12.4. The van der Waals surface area contributed by atoms with Crippen molar-refractivity contribution in [2.24, 2.45) is 5.92 Å². The van der Waals surface area contributed by atoms with E-state index in [0.29, 0.717) is 5.92 Å². The zero-order valence-corrected chi connectivity index (χ0v) is 15.9. The van der Waals surface area contributed by atoms with Gasteiger partial charge in [0.25, 0.3) is 0 Å². The largest absolute Gasteiger partial charge is 0.477 e. The second-order valence-electron chi connectivity index (χ2n) is 8.36. The molecule has 6 heteroatoms. The molecule has 1 saturated heterocycles. The van der Waals surface area contributed by atoms with Gasteiger partial charge in [-0.05, 0) is 60.8 Å². The van der Waals surface area contributed by atoms with Crippen LogP contribution in [0.1, 0.15) is 68.7 Å². The van der Waals surface area contributed by atoms with E-state index in [-0.39, 0.29) is 29.0 Å². The van der Waals surface area contributed by atoms with Crippen LogP contribution in [0.3, 0.4) is 0 Å². The summed E-state index contributed by atoms with van der Waals surface area (Å²) in [4.78, 5) is 0. The van der Waals surface area contributed by atoms with Gasteiger partial charge < -0.3 is 9.31 Å². The van der Waals surface area contributed by atoms with Gasteiger partial charge in [-0.1, -0.05) is 13.8 Å². The van der Waals surface area contributed by atoms with Crippen LogP contribution in [-0.4, -0.2) is 33.2 Å². The van der Waals surface area contributed by atoms with Gasteiger partial charge in [0.05, 0.1) is 32.9 Å². The van der Waals surface area contributed by atoms with Crippen molar-refractivity contribution in [3.63, 3.8) is 0 Å². The third-order valence-electron chi connectivity index (χ3n) is 4.14. The minimum atomic E-state index is -1.14. The van der Waals surface area contributed by atoms with Crippen LogP contribution in [0.5, 0.6) is 0 Å². The SMILES string of the molecule is CC(C)C[C@H](N[S@](=O)C(C)(C)C)B1OC(C)(C)C(C)(C)O1. The van der Waals surface area contributed by atoms with Crippen LogP contribution in [0.15, 0.2) is 0 Å². The molecule has 0 aromatic carbocycles. The smallest absolute Gasteiger partial charge is 0.402 e. The van der Waals surface area contributed by atoms with Crippen LogP contribution >= 0.6 is 0 Å². The highest BCUT2D eigenvalue weighted by atomic mass is 32.2. The van der Waals surface area contributed by atoms with Crippen molar-refractivity contribution in [3.8, 4) is 0 Å². The highest BCUT2D eigenvalue weighted by Gasteiger charge is 2.54. The number of rotatable bonds is 5. The molecule has 0 radical (unpaired) electrons. The van der Waals surface area contributed by atoms with Crippen LogP contribution in [-0.2, 0) is 20.3 Å². The molecule has 1 aliphatic heterocycles. The summed E-state index contributed by atoms with van der Waals surface area (Å²) in [5, 5.41) is 0. The molecular formula is C15H32BNO3S. The summed E-state index contributed by atoms with van der Waals surface area (Å²) in [7, 11) is -1.51. The van der Waals surface area contributed by atoms with E-state index in [2.05, 4.69) is 18.6 Å². The molecule has 0 bridgehead atoms. The Bertz CT molecular complexity index is 375. The third kappa shape index (κ3) is 4.78. The summed E-state index contributed by atoms with van der Waals surface area (Å²) >= 11 is 0. The molecule has 2 atom stereocenters. The lowest BCUT2D eigenvalue weighted by molar-refractivity contribution is 0.00578. The molecule has 1 fully saturated rings. The van der Waals surface area contributed by atoms with E-state index < -0.39 is 11.0 Å². The fourth-order valence-electron chi connectivity index (χ4n) is 2.09. The zero-order valence-electron chi connectivity index (χ0n) is 15.1. The van der Waals surface area contributed by atoms with Gasteiger partial charge in [-0.3, -0.25) is 0 Å². The lowest BCUT2D eigenvalue weighted by atomic mass is 9.75. The average Bonchev–Trinajstić information content (AvgIpc) is 2.45. The Kier molecular flexibility index (Phi) is 5.75. The van der Waals surface area contributed by atoms with Crippen molar-refractivity contribution >= 4 is 18.1 Å². The molecule has 0 amide bonds. The van der Waals surface area contributed by atoms with Gasteiger partial charge in [0.15, 0.2) is 0 Å². The number of hydrogen-bond acceptors (Lipinski definition) is 3. The zero-order chi connectivity index (χ0) is 16.6. The molecule has 0 unspecified atom stereocenters. The van der Waals surface area contributed by atoms with Gasteiger partial charge >= 0.3 is 7.12 Å². The van der Waals surface area contributed by atoms with Gasteiger partial charge in [-0.2, -0.15) is 0 Å². The Hall–Kier alpha value is 0.0949. The molecule has 1 rings (SSSR count). The van der Waals surface area contributed by atoms with Gasteiger partial charge in [0, 0.05) is 0 Å². The first-order chi connectivity index (χ1) is 9.26. The van der Waals surface area contributed by atoms with Gasteiger partial charge in [0.1, 0.15) is 0 Å². The average molecular weight is 317 g/mol. The Morgan fingerprint density at radius 3 is 1.86 bits per heavy atom. The molecule has 0 spiro atoms. The Balaban J connectivity index is 2.88. The topological polar surface area (TPSA) is 47.6 Å². The number of nitrogens with one attached hydrogen (secondary N) is 1. The molecule has 0 aromatic heterocycles. The maximum Gasteiger partial charge on any atom is 0.477 e. The standard InChI is InChI=1S/C15H32BNO3S/c1-11(2)10-12(17-21(18)13(3,4)5)16-19-14(6,7)15(8,9)20-16/h11-12,17H,10H2,1-9H3/t12-,21+/m0/s1. The van der Waals surface area contributed by atoms with Crippen LogP contribution in [0.4, 0.5) is 0 Å². The fraction of sp³-hybridized carbons (Fsp3) is 1.00. The van der Waals surface area contributed by atoms with Gasteiger partial charge in [-0.25, -0.2) is 8.93 Å². The monoisotopic (exact) mass is 317 g/mol. The highest BCUT2D eigenvalue weighted by molar-refractivity contribution is 7.84. The van der Waals surface area contributed by atoms with E-state index >= 15 is 0 Å². The lowest BCUT2D eigenvalue weighted by Gasteiger charge is -2.32. The van der Waals surface area contributed by atoms with E-state index in [1.807, 2.05) is 48.5 Å². The number of hydrogen-bond donors (Lipinski definition) is 1. The first-order valence-corrected chi connectivity index (χ1v) is 8.95. The molecular weight excluding hydrogens is 285 g/mol. The van der Waals surface area contributed by atoms with Crippen LogP contribution in [0.2, 0.25) is 0 Å². The van der Waals surface area contributed by atoms with Crippen molar-refractivity contribution in [2.45, 2.75) is 90.6 Å². The Labute approximate surface area is 133 Å². The van der Waals surface area contributed by atoms with Crippen molar-refractivity contribution in [3.05, 3.63) is 0 Å². The van der Waals surface area contributed by atoms with E-state index in [1.54, 1.807) is 0 Å². The quantitative estimate of drug-likeness (QED) is 0.793. The Morgan fingerprint density at radius 1 is 1.10 bits per heavy atom. The molecule has 1 aliphatic rings. The second kappa shape index (κ2) is 6.30. The van der Waals surface area contributed by atoms with Crippen LogP contribution < -0.4 is 4.72 Å². The van der Waals surface area contributed by atoms with Gasteiger partial charge in [-0.15, -0.1) is 0 Å². The van der Waals surface area contributed by atoms with Gasteiger partial charge in [0.2, 0.25) is 0 Å². The third-order valence-corrected chi connectivity index (χ3v) is 5.77. The second-order valence-corrected chi connectivity index (χ2v) is 10.4. The highest BCUT2D eigenvalue weighted by Crippen LogP contribution is 2.38. The predicted octanol–water partition coefficient (Wildman–Crippen LogP) is 3.08. The first-order valence-electron chi connectivity index (χ1n) is 7.80. The minimum absolute atomic E-state index is 0.0777. The predicted molar refractivity (Wildman–Crippen MR) is 90.4 cm³/mol. The molecule has 0 aliphatic carbocycles. The van der Waals surface area contributed by atoms with Crippen molar-refractivity contribution in [2.75, 3.05) is 0 Å². The maximum absolute atomic E-state index is 12.4. The first kappa shape index (κ1) is 19.1. The van der Waals surface area contributed by atoms with E-state index in [1.165, 1.54) is 0 Å². The molecule has 124 valence electrons. The molecule has 0 aromatic rings. The summed E-state index contributed by atoms with van der Waals surface area (Å²) in [6, 6.07) is 0. The van der Waals surface area contributed by atoms with Crippen LogP contribution in [0.25, 0.3) is 0 Å². The van der Waals surface area contributed by atoms with Crippen molar-refractivity contribution in [1.29, 1.82) is 0 Å². The van der Waals surface area contributed by atoms with Crippen molar-refractivity contribution in [1.82, 2.24) is 4.72 Å². The molecule has 4 nitrogen and oxygen atoms in total. The normalized spacial score (nSPS) is 24.4. The lowest BCUT2D eigenvalue weighted by Crippen LogP contribution is -2.50. The molecule has 1 heterocycles. The molecule has 1 N–H and O–H groups in total. The molecule has 21 heavy (non-hydrogen) atoms. The van der Waals surface area contributed by atoms with E-state index in [9.17, 15) is 4.21 Å². The summed E-state index contributed by atoms with van der Waals surface area (Å²) in [5.74, 6) is 0.393. The summed E-state index contributed by atoms with van der Waals surface area (Å²) in [6.07, 6.45) is 0.860. The van der Waals surface area contributed by atoms with Crippen LogP contribution in [0, 0.1) is 5.92 Å². The summed E-state index contributed by atoms with van der Waals surface area (Å²) < 4.78 is 27.6. The van der Waals surface area contributed by atoms with E-state index in [0.717, 1.165) is 6.42 Å². The van der Waals surface area contributed by atoms with E-state index in [4.69, 9.17) is 9.31 Å².